The Bertz CT molecular complexity index is 2990. The van der Waals surface area contributed by atoms with E-state index in [1.165, 1.54) is 0 Å². The molecule has 256 valence electrons. The molecule has 54 heavy (non-hydrogen) atoms. The van der Waals surface area contributed by atoms with Gasteiger partial charge < -0.3 is 9.80 Å². The molecule has 0 aliphatic carbocycles. The summed E-state index contributed by atoms with van der Waals surface area (Å²) >= 11 is 0. The Balaban J connectivity index is 1.19. The van der Waals surface area contributed by atoms with Crippen molar-refractivity contribution >= 4 is 44.9 Å². The van der Waals surface area contributed by atoms with Gasteiger partial charge in [0.05, 0.1) is 16.7 Å². The fourth-order valence-electron chi connectivity index (χ4n) is 6.82. The number of hydrogen-bond donors (Lipinski definition) is 0. The van der Waals surface area contributed by atoms with E-state index >= 15 is 0 Å². The second-order valence-electron chi connectivity index (χ2n) is 12.7. The van der Waals surface area contributed by atoms with Crippen molar-refractivity contribution in [1.82, 2.24) is 0 Å². The van der Waals surface area contributed by atoms with Crippen molar-refractivity contribution in [2.24, 2.45) is 0 Å². The lowest BCUT2D eigenvalue weighted by Gasteiger charge is -2.29. The van der Waals surface area contributed by atoms with Gasteiger partial charge >= 0.3 is 0 Å². The zero-order valence-corrected chi connectivity index (χ0v) is 29.2. The van der Waals surface area contributed by atoms with Crippen LogP contribution in [0.15, 0.2) is 230 Å². The standard InChI is InChI=1S/C52H38N2/c1-5-16-44(17-6-1)52-50-24-14-13-15-43(50)33-38-51(52)54(47-22-11-4-12-23-47)49-36-31-42(32-37-49)40-27-25-39(26-28-40)41-29-34-48(35-30-41)53(45-18-7-2-8-19-45)46-20-9-3-10-21-46/h1-38H/i25D,26D,27D,28D,31D,32D,36D,37D. The van der Waals surface area contributed by atoms with Crippen LogP contribution in [0.3, 0.4) is 0 Å². The third kappa shape index (κ3) is 6.53. The molecule has 0 heterocycles. The molecule has 0 aliphatic heterocycles. The van der Waals surface area contributed by atoms with E-state index in [-0.39, 0.29) is 34.5 Å². The van der Waals surface area contributed by atoms with Crippen LogP contribution in [0, 0.1) is 0 Å². The minimum atomic E-state index is -0.483. The minimum Gasteiger partial charge on any atom is -0.311 e. The molecule has 0 bridgehead atoms. The maximum Gasteiger partial charge on any atom is 0.0645 e. The summed E-state index contributed by atoms with van der Waals surface area (Å²) in [5.41, 5.74) is 5.56. The lowest BCUT2D eigenvalue weighted by atomic mass is 9.95. The van der Waals surface area contributed by atoms with E-state index in [0.717, 1.165) is 39.0 Å². The Morgan fingerprint density at radius 2 is 0.704 bits per heavy atom. The van der Waals surface area contributed by atoms with Crippen LogP contribution < -0.4 is 9.80 Å². The van der Waals surface area contributed by atoms with E-state index in [9.17, 15) is 11.0 Å². The van der Waals surface area contributed by atoms with Gasteiger partial charge in [0.2, 0.25) is 0 Å². The fraction of sp³-hybridized carbons (Fsp3) is 0. The van der Waals surface area contributed by atoms with E-state index in [2.05, 4.69) is 4.90 Å². The molecule has 9 aromatic rings. The minimum absolute atomic E-state index is 0.0190. The van der Waals surface area contributed by atoms with Crippen LogP contribution in [0.1, 0.15) is 11.0 Å². The average Bonchev–Trinajstić information content (AvgIpc) is 3.32. The van der Waals surface area contributed by atoms with E-state index in [4.69, 9.17) is 0 Å². The van der Waals surface area contributed by atoms with Gasteiger partial charge in [-0.2, -0.15) is 0 Å². The molecule has 0 aliphatic rings. The van der Waals surface area contributed by atoms with Crippen molar-refractivity contribution in [3.63, 3.8) is 0 Å². The molecule has 0 unspecified atom stereocenters. The monoisotopic (exact) mass is 698 g/mol. The van der Waals surface area contributed by atoms with Crippen molar-refractivity contribution in [2.45, 2.75) is 0 Å². The number of rotatable bonds is 9. The van der Waals surface area contributed by atoms with Gasteiger partial charge in [0.25, 0.3) is 0 Å². The molecule has 2 nitrogen and oxygen atoms in total. The highest BCUT2D eigenvalue weighted by Crippen LogP contribution is 2.44. The zero-order chi connectivity index (χ0) is 43.1. The first kappa shape index (κ1) is 24.9. The van der Waals surface area contributed by atoms with Crippen LogP contribution in [0.4, 0.5) is 34.1 Å². The highest BCUT2D eigenvalue weighted by Gasteiger charge is 2.19. The van der Waals surface area contributed by atoms with Gasteiger partial charge in [-0.05, 0) is 105 Å². The van der Waals surface area contributed by atoms with Gasteiger partial charge in [0, 0.05) is 34.0 Å². The third-order valence-electron chi connectivity index (χ3n) is 9.38. The summed E-state index contributed by atoms with van der Waals surface area (Å²) in [6.07, 6.45) is 0. The van der Waals surface area contributed by atoms with Gasteiger partial charge in [-0.1, -0.05) is 164 Å². The molecule has 0 saturated heterocycles. The lowest BCUT2D eigenvalue weighted by Crippen LogP contribution is -2.11. The summed E-state index contributed by atoms with van der Waals surface area (Å²) in [7, 11) is 0. The van der Waals surface area contributed by atoms with Crippen molar-refractivity contribution in [1.29, 1.82) is 0 Å². The first-order chi connectivity index (χ1) is 30.2. The molecule has 9 rings (SSSR count). The molecule has 0 amide bonds. The lowest BCUT2D eigenvalue weighted by molar-refractivity contribution is 1.28. The highest BCUT2D eigenvalue weighted by molar-refractivity contribution is 6.05. The molecule has 0 aromatic heterocycles. The van der Waals surface area contributed by atoms with Crippen molar-refractivity contribution in [3.05, 3.63) is 230 Å². The number of para-hydroxylation sites is 3. The second-order valence-corrected chi connectivity index (χ2v) is 12.7. The van der Waals surface area contributed by atoms with Gasteiger partial charge in [-0.15, -0.1) is 0 Å². The van der Waals surface area contributed by atoms with Crippen molar-refractivity contribution < 1.29 is 11.0 Å². The molecule has 0 atom stereocenters. The molecule has 0 N–H and O–H groups in total. The SMILES string of the molecule is [2H]c1c([2H])c(-c2c([2H])c([2H])c(N(c3ccccc3)c3ccc4ccccc4c3-c3ccccc3)c([2H])c2[2H])c([2H])c([2H])c1-c1ccc(N(c2ccccc2)c2ccccc2)cc1. The van der Waals surface area contributed by atoms with Gasteiger partial charge in [-0.25, -0.2) is 0 Å². The van der Waals surface area contributed by atoms with E-state index in [1.54, 1.807) is 17.0 Å². The normalized spacial score (nSPS) is 13.0. The van der Waals surface area contributed by atoms with Crippen molar-refractivity contribution in [3.8, 4) is 33.4 Å². The summed E-state index contributed by atoms with van der Waals surface area (Å²) in [6.45, 7) is 0. The number of benzene rings is 9. The molecule has 9 aromatic carbocycles. The summed E-state index contributed by atoms with van der Waals surface area (Å²) in [4.78, 5) is 3.81. The predicted molar refractivity (Wildman–Crippen MR) is 230 cm³/mol. The number of anilines is 6. The molecule has 0 saturated carbocycles. The Labute approximate surface area is 328 Å². The number of fused-ring (bicyclic) bond motifs is 1. The smallest absolute Gasteiger partial charge is 0.0645 e. The summed E-state index contributed by atoms with van der Waals surface area (Å²) in [6, 6.07) is 54.6. The Kier molecular flexibility index (Phi) is 6.84. The van der Waals surface area contributed by atoms with E-state index in [0.29, 0.717) is 16.9 Å². The van der Waals surface area contributed by atoms with Crippen molar-refractivity contribution in [2.75, 3.05) is 9.80 Å². The quantitative estimate of drug-likeness (QED) is 0.148. The van der Waals surface area contributed by atoms with Crippen LogP contribution in [-0.2, 0) is 0 Å². The third-order valence-corrected chi connectivity index (χ3v) is 9.38. The van der Waals surface area contributed by atoms with Crippen LogP contribution in [0.2, 0.25) is 0 Å². The molecular weight excluding hydrogens is 653 g/mol. The highest BCUT2D eigenvalue weighted by atomic mass is 15.1. The maximum absolute atomic E-state index is 9.54. The number of hydrogen-bond acceptors (Lipinski definition) is 2. The van der Waals surface area contributed by atoms with Gasteiger partial charge in [0.1, 0.15) is 0 Å². The zero-order valence-electron chi connectivity index (χ0n) is 37.2. The Hall–Kier alpha value is -7.16. The second kappa shape index (κ2) is 14.8. The number of nitrogens with zero attached hydrogens (tertiary/aromatic N) is 2. The largest absolute Gasteiger partial charge is 0.311 e. The van der Waals surface area contributed by atoms with Crippen LogP contribution in [0.25, 0.3) is 44.2 Å². The van der Waals surface area contributed by atoms with Crippen LogP contribution in [-0.4, -0.2) is 0 Å². The molecule has 0 radical (unpaired) electrons. The predicted octanol–water partition coefficient (Wildman–Crippen LogP) is 14.8. The topological polar surface area (TPSA) is 6.48 Å². The summed E-state index contributed by atoms with van der Waals surface area (Å²) in [5, 5.41) is 1.93. The first-order valence-electron chi connectivity index (χ1n) is 21.8. The maximum atomic E-state index is 9.54. The van der Waals surface area contributed by atoms with Crippen LogP contribution in [0.5, 0.6) is 0 Å². The Morgan fingerprint density at radius 1 is 0.278 bits per heavy atom. The fourth-order valence-corrected chi connectivity index (χ4v) is 6.82. The van der Waals surface area contributed by atoms with E-state index < -0.39 is 36.3 Å². The van der Waals surface area contributed by atoms with E-state index in [1.807, 2.05) is 170 Å². The molecule has 2 heteroatoms. The molecular formula is C52H38N2. The summed E-state index contributed by atoms with van der Waals surface area (Å²) < 4.78 is 74.8. The molecule has 0 spiro atoms. The van der Waals surface area contributed by atoms with Gasteiger partial charge in [0.15, 0.2) is 0 Å². The summed E-state index contributed by atoms with van der Waals surface area (Å²) in [5.74, 6) is 0. The average molecular weight is 699 g/mol. The molecule has 0 fully saturated rings. The van der Waals surface area contributed by atoms with Gasteiger partial charge in [-0.3, -0.25) is 0 Å². The first-order valence-corrected chi connectivity index (χ1v) is 17.8. The van der Waals surface area contributed by atoms with Crippen LogP contribution >= 0.6 is 0 Å². The Morgan fingerprint density at radius 3 is 1.26 bits per heavy atom.